The van der Waals surface area contributed by atoms with Gasteiger partial charge in [-0.05, 0) is 44.0 Å². The van der Waals surface area contributed by atoms with Crippen LogP contribution in [0.2, 0.25) is 0 Å². The zero-order chi connectivity index (χ0) is 17.9. The molecular formula is C19H31IN4O2. The molecule has 1 aromatic carbocycles. The van der Waals surface area contributed by atoms with Crippen LogP contribution in [0.1, 0.15) is 49.4 Å². The van der Waals surface area contributed by atoms with Crippen molar-refractivity contribution in [2.45, 2.75) is 45.1 Å². The van der Waals surface area contributed by atoms with Gasteiger partial charge in [0.25, 0.3) is 5.91 Å². The van der Waals surface area contributed by atoms with Crippen LogP contribution >= 0.6 is 24.0 Å². The maximum absolute atomic E-state index is 12.1. The molecule has 2 rings (SSSR count). The van der Waals surface area contributed by atoms with E-state index in [2.05, 4.69) is 27.9 Å². The Kier molecular flexibility index (Phi) is 11.1. The molecular weight excluding hydrogens is 443 g/mol. The topological polar surface area (TPSA) is 74.8 Å². The smallest absolute Gasteiger partial charge is 0.251 e. The standard InChI is InChI=1S/C19H30N4O2.HI/c1-3-20-19(23-16-7-5-4-6-8-16)22-14-13-21-18(24)15-9-11-17(25-2)12-10-15;/h9-12,16H,3-8,13-14H2,1-2H3,(H,21,24)(H2,20,22,23);1H. The number of carbonyl (C=O) groups is 1. The van der Waals surface area contributed by atoms with Crippen molar-refractivity contribution in [3.8, 4) is 5.75 Å². The molecule has 7 heteroatoms. The number of ether oxygens (including phenoxy) is 1. The summed E-state index contributed by atoms with van der Waals surface area (Å²) in [4.78, 5) is 16.7. The number of guanidine groups is 1. The Bertz CT molecular complexity index is 557. The van der Waals surface area contributed by atoms with Gasteiger partial charge in [0.1, 0.15) is 5.75 Å². The predicted molar refractivity (Wildman–Crippen MR) is 117 cm³/mol. The van der Waals surface area contributed by atoms with Crippen molar-refractivity contribution in [3.63, 3.8) is 0 Å². The molecule has 0 unspecified atom stereocenters. The van der Waals surface area contributed by atoms with E-state index in [0.29, 0.717) is 24.7 Å². The first kappa shape index (κ1) is 22.5. The van der Waals surface area contributed by atoms with Gasteiger partial charge in [-0.1, -0.05) is 19.3 Å². The van der Waals surface area contributed by atoms with Crippen LogP contribution in [0.5, 0.6) is 5.75 Å². The molecule has 146 valence electrons. The quantitative estimate of drug-likeness (QED) is 0.246. The first-order chi connectivity index (χ1) is 12.2. The Labute approximate surface area is 173 Å². The van der Waals surface area contributed by atoms with E-state index in [0.717, 1.165) is 18.3 Å². The van der Waals surface area contributed by atoms with Gasteiger partial charge >= 0.3 is 0 Å². The Hall–Kier alpha value is -1.51. The van der Waals surface area contributed by atoms with Crippen LogP contribution in [0, 0.1) is 0 Å². The van der Waals surface area contributed by atoms with Crippen LogP contribution in [0.15, 0.2) is 29.3 Å². The monoisotopic (exact) mass is 474 g/mol. The van der Waals surface area contributed by atoms with Gasteiger partial charge in [-0.25, -0.2) is 0 Å². The molecule has 1 aliphatic carbocycles. The number of hydrogen-bond donors (Lipinski definition) is 3. The summed E-state index contributed by atoms with van der Waals surface area (Å²) < 4.78 is 5.10. The van der Waals surface area contributed by atoms with Crippen molar-refractivity contribution in [1.29, 1.82) is 0 Å². The average Bonchev–Trinajstić information content (AvgIpc) is 2.66. The minimum atomic E-state index is -0.0944. The molecule has 3 N–H and O–H groups in total. The first-order valence-corrected chi connectivity index (χ1v) is 9.20. The van der Waals surface area contributed by atoms with E-state index in [1.165, 1.54) is 32.1 Å². The van der Waals surface area contributed by atoms with Gasteiger partial charge < -0.3 is 20.7 Å². The molecule has 1 saturated carbocycles. The van der Waals surface area contributed by atoms with Gasteiger partial charge in [0.15, 0.2) is 5.96 Å². The number of carbonyl (C=O) groups excluding carboxylic acids is 1. The summed E-state index contributed by atoms with van der Waals surface area (Å²) in [5.41, 5.74) is 0.622. The fraction of sp³-hybridized carbons (Fsp3) is 0.579. The van der Waals surface area contributed by atoms with Crippen molar-refractivity contribution >= 4 is 35.8 Å². The van der Waals surface area contributed by atoms with Gasteiger partial charge in [-0.2, -0.15) is 0 Å². The van der Waals surface area contributed by atoms with E-state index < -0.39 is 0 Å². The van der Waals surface area contributed by atoms with Crippen LogP contribution in [0.25, 0.3) is 0 Å². The maximum atomic E-state index is 12.1. The highest BCUT2D eigenvalue weighted by molar-refractivity contribution is 14.0. The molecule has 1 aliphatic rings. The molecule has 0 spiro atoms. The van der Waals surface area contributed by atoms with E-state index in [-0.39, 0.29) is 29.9 Å². The predicted octanol–water partition coefficient (Wildman–Crippen LogP) is 2.93. The zero-order valence-electron chi connectivity index (χ0n) is 15.7. The highest BCUT2D eigenvalue weighted by atomic mass is 127. The van der Waals surface area contributed by atoms with Gasteiger partial charge in [-0.15, -0.1) is 24.0 Å². The van der Waals surface area contributed by atoms with E-state index in [9.17, 15) is 4.79 Å². The highest BCUT2D eigenvalue weighted by Crippen LogP contribution is 2.17. The number of methoxy groups -OCH3 is 1. The summed E-state index contributed by atoms with van der Waals surface area (Å²) >= 11 is 0. The molecule has 6 nitrogen and oxygen atoms in total. The van der Waals surface area contributed by atoms with Crippen molar-refractivity contribution in [2.75, 3.05) is 26.7 Å². The second-order valence-corrected chi connectivity index (χ2v) is 6.22. The lowest BCUT2D eigenvalue weighted by molar-refractivity contribution is 0.0955. The molecule has 0 aromatic heterocycles. The number of halogens is 1. The van der Waals surface area contributed by atoms with Crippen molar-refractivity contribution in [1.82, 2.24) is 16.0 Å². The van der Waals surface area contributed by atoms with Gasteiger partial charge in [0.05, 0.1) is 13.7 Å². The van der Waals surface area contributed by atoms with Crippen LogP contribution in [-0.4, -0.2) is 44.7 Å². The Balaban J connectivity index is 0.00000338. The molecule has 1 amide bonds. The minimum absolute atomic E-state index is 0. The summed E-state index contributed by atoms with van der Waals surface area (Å²) in [7, 11) is 1.61. The summed E-state index contributed by atoms with van der Waals surface area (Å²) in [6, 6.07) is 7.59. The molecule has 0 saturated heterocycles. The van der Waals surface area contributed by atoms with E-state index >= 15 is 0 Å². The highest BCUT2D eigenvalue weighted by Gasteiger charge is 2.14. The van der Waals surface area contributed by atoms with Crippen LogP contribution < -0.4 is 20.7 Å². The third-order valence-corrected chi connectivity index (χ3v) is 4.31. The molecule has 1 fully saturated rings. The van der Waals surface area contributed by atoms with Crippen molar-refractivity contribution < 1.29 is 9.53 Å². The second-order valence-electron chi connectivity index (χ2n) is 6.22. The average molecular weight is 474 g/mol. The fourth-order valence-electron chi connectivity index (χ4n) is 2.94. The third-order valence-electron chi connectivity index (χ3n) is 4.31. The Morgan fingerprint density at radius 3 is 2.46 bits per heavy atom. The lowest BCUT2D eigenvalue weighted by Crippen LogP contribution is -2.44. The molecule has 0 aliphatic heterocycles. The van der Waals surface area contributed by atoms with Crippen LogP contribution in [0.3, 0.4) is 0 Å². The normalized spacial score (nSPS) is 14.9. The number of benzene rings is 1. The number of nitrogens with zero attached hydrogens (tertiary/aromatic N) is 1. The number of hydrogen-bond acceptors (Lipinski definition) is 3. The van der Waals surface area contributed by atoms with Crippen molar-refractivity contribution in [2.24, 2.45) is 4.99 Å². The molecule has 0 atom stereocenters. The summed E-state index contributed by atoms with van der Waals surface area (Å²) in [5, 5.41) is 9.67. The second kappa shape index (κ2) is 12.8. The fourth-order valence-corrected chi connectivity index (χ4v) is 2.94. The number of aliphatic imine (C=N–C) groups is 1. The molecule has 0 bridgehead atoms. The number of rotatable bonds is 7. The number of nitrogens with one attached hydrogen (secondary N) is 3. The van der Waals surface area contributed by atoms with Crippen molar-refractivity contribution in [3.05, 3.63) is 29.8 Å². The summed E-state index contributed by atoms with van der Waals surface area (Å²) in [6.07, 6.45) is 6.32. The zero-order valence-corrected chi connectivity index (χ0v) is 18.0. The van der Waals surface area contributed by atoms with Gasteiger partial charge in [0, 0.05) is 24.7 Å². The summed E-state index contributed by atoms with van der Waals surface area (Å²) in [5.74, 6) is 1.49. The molecule has 0 heterocycles. The van der Waals surface area contributed by atoms with Gasteiger partial charge in [0.2, 0.25) is 0 Å². The van der Waals surface area contributed by atoms with E-state index in [1.54, 1.807) is 31.4 Å². The SMILES string of the molecule is CCNC(=NCCNC(=O)c1ccc(OC)cc1)NC1CCCCC1.I. The first-order valence-electron chi connectivity index (χ1n) is 9.20. The number of amides is 1. The Morgan fingerprint density at radius 1 is 1.15 bits per heavy atom. The minimum Gasteiger partial charge on any atom is -0.497 e. The lowest BCUT2D eigenvalue weighted by Gasteiger charge is -2.24. The third kappa shape index (κ3) is 7.80. The molecule has 0 radical (unpaired) electrons. The van der Waals surface area contributed by atoms with Gasteiger partial charge in [-0.3, -0.25) is 9.79 Å². The Morgan fingerprint density at radius 2 is 1.85 bits per heavy atom. The summed E-state index contributed by atoms with van der Waals surface area (Å²) in [6.45, 7) is 3.94. The van der Waals surface area contributed by atoms with E-state index in [1.807, 2.05) is 0 Å². The molecule has 26 heavy (non-hydrogen) atoms. The molecule has 1 aromatic rings. The van der Waals surface area contributed by atoms with E-state index in [4.69, 9.17) is 4.74 Å². The maximum Gasteiger partial charge on any atom is 0.251 e. The van der Waals surface area contributed by atoms with Crippen LogP contribution in [-0.2, 0) is 0 Å². The van der Waals surface area contributed by atoms with Crippen LogP contribution in [0.4, 0.5) is 0 Å². The lowest BCUT2D eigenvalue weighted by atomic mass is 9.96. The largest absolute Gasteiger partial charge is 0.497 e.